The van der Waals surface area contributed by atoms with Crippen molar-refractivity contribution in [3.63, 3.8) is 0 Å². The summed E-state index contributed by atoms with van der Waals surface area (Å²) in [6.07, 6.45) is 3.54. The fourth-order valence-electron chi connectivity index (χ4n) is 10.8. The van der Waals surface area contributed by atoms with E-state index < -0.39 is 0 Å². The van der Waals surface area contributed by atoms with Gasteiger partial charge in [-0.15, -0.1) is 0 Å². The van der Waals surface area contributed by atoms with Crippen LogP contribution in [0.3, 0.4) is 0 Å². The third-order valence-electron chi connectivity index (χ3n) is 13.9. The van der Waals surface area contributed by atoms with Crippen molar-refractivity contribution >= 4 is 79.0 Å². The van der Waals surface area contributed by atoms with Crippen LogP contribution < -0.4 is 26.2 Å². The lowest BCUT2D eigenvalue weighted by atomic mass is 9.33. The van der Waals surface area contributed by atoms with Gasteiger partial charge in [-0.25, -0.2) is 0 Å². The summed E-state index contributed by atoms with van der Waals surface area (Å²) in [5.41, 5.74) is 22.8. The summed E-state index contributed by atoms with van der Waals surface area (Å²) in [5, 5.41) is 2.75. The molecule has 0 saturated carbocycles. The zero-order chi connectivity index (χ0) is 42.4. The number of hydrogen-bond acceptors (Lipinski definition) is 2. The van der Waals surface area contributed by atoms with Gasteiger partial charge in [-0.3, -0.25) is 0 Å². The lowest BCUT2D eigenvalue weighted by molar-refractivity contribution is 0.422. The lowest BCUT2D eigenvalue weighted by Gasteiger charge is -2.45. The number of fused-ring (bicyclic) bond motifs is 10. The number of aryl methyl sites for hydroxylation is 3. The van der Waals surface area contributed by atoms with E-state index >= 15 is 0 Å². The molecule has 0 amide bonds. The van der Waals surface area contributed by atoms with Crippen molar-refractivity contribution in [2.75, 3.05) is 9.80 Å². The van der Waals surface area contributed by atoms with Crippen molar-refractivity contribution in [1.29, 1.82) is 0 Å². The van der Waals surface area contributed by atoms with Crippen LogP contribution in [0.5, 0.6) is 0 Å². The minimum absolute atomic E-state index is 0.00655. The summed E-state index contributed by atoms with van der Waals surface area (Å²) in [7, 11) is 0. The van der Waals surface area contributed by atoms with Crippen LogP contribution >= 0.6 is 0 Å². The van der Waals surface area contributed by atoms with Gasteiger partial charge in [0.15, 0.2) is 0 Å². The topological polar surface area (TPSA) is 11.4 Å². The summed E-state index contributed by atoms with van der Waals surface area (Å²) < 4.78 is 2.69. The molecule has 3 aliphatic rings. The highest BCUT2D eigenvalue weighted by atomic mass is 15.2. The van der Waals surface area contributed by atoms with Crippen LogP contribution in [0.15, 0.2) is 103 Å². The van der Waals surface area contributed by atoms with Crippen molar-refractivity contribution in [2.24, 2.45) is 0 Å². The molecule has 0 N–H and O–H groups in total. The Morgan fingerprint density at radius 1 is 0.517 bits per heavy atom. The summed E-state index contributed by atoms with van der Waals surface area (Å²) >= 11 is 0. The Morgan fingerprint density at radius 3 is 1.67 bits per heavy atom. The number of aromatic nitrogens is 1. The van der Waals surface area contributed by atoms with Crippen molar-refractivity contribution in [2.45, 2.75) is 131 Å². The van der Waals surface area contributed by atoms with Crippen molar-refractivity contribution < 1.29 is 0 Å². The largest absolute Gasteiger partial charge is 0.335 e. The molecule has 0 saturated heterocycles. The molecule has 304 valence electrons. The number of nitrogens with zero attached hydrogens (tertiary/aromatic N) is 3. The highest BCUT2D eigenvalue weighted by molar-refractivity contribution is 7.00. The molecule has 1 aliphatic carbocycles. The molecule has 1 aromatic heterocycles. The average molecular weight is 788 g/mol. The molecule has 3 nitrogen and oxygen atoms in total. The van der Waals surface area contributed by atoms with Crippen molar-refractivity contribution in [3.05, 3.63) is 137 Å². The first-order valence-corrected chi connectivity index (χ1v) is 22.4. The summed E-state index contributed by atoms with van der Waals surface area (Å²) in [5.74, 6) is 0. The quantitative estimate of drug-likeness (QED) is 0.162. The van der Waals surface area contributed by atoms with E-state index in [0.29, 0.717) is 0 Å². The van der Waals surface area contributed by atoms with E-state index in [2.05, 4.69) is 208 Å². The third-order valence-corrected chi connectivity index (χ3v) is 13.9. The Bertz CT molecular complexity index is 2880. The van der Waals surface area contributed by atoms with Gasteiger partial charge in [-0.05, 0) is 162 Å². The predicted molar refractivity (Wildman–Crippen MR) is 261 cm³/mol. The Labute approximate surface area is 359 Å². The van der Waals surface area contributed by atoms with Gasteiger partial charge in [0.25, 0.3) is 6.71 Å². The molecule has 3 heterocycles. The minimum atomic E-state index is -0.108. The standard InChI is InChI=1S/C56H62BN3/c1-34-31-47-50-48(32-34)59(40-25-20-37(21-26-40)54(5,6)7)52-43(28-30-46-49(52)42-27-17-35-15-14-16-41(35)51(42)60(46)56(11,12)13)57(50)44-33-38(55(8,9)10)22-29-45(44)58(47)39-23-18-36(19-24-39)53(2,3)4/h17-33H,14-16H2,1-13H3. The average Bonchev–Trinajstić information content (AvgIpc) is 3.79. The Morgan fingerprint density at radius 2 is 1.08 bits per heavy atom. The van der Waals surface area contributed by atoms with Crippen LogP contribution in [-0.2, 0) is 34.6 Å². The van der Waals surface area contributed by atoms with E-state index in [1.54, 1.807) is 5.56 Å². The first-order valence-electron chi connectivity index (χ1n) is 22.4. The maximum Gasteiger partial charge on any atom is 0.252 e. The SMILES string of the molecule is Cc1cc2c3c(c1)N(c1ccc(C(C)(C)C)cc1)c1c(ccc4c1c1ccc5c(c1n4C(C)(C)C)CCC5)B3c1cc(C(C)(C)C)ccc1N2c1ccc(C(C)(C)C)cc1. The summed E-state index contributed by atoms with van der Waals surface area (Å²) in [6, 6.07) is 41.1. The molecule has 7 aromatic rings. The van der Waals surface area contributed by atoms with Gasteiger partial charge in [0.1, 0.15) is 0 Å². The van der Waals surface area contributed by atoms with E-state index in [0.717, 1.165) is 6.42 Å². The molecular formula is C56H62BN3. The molecule has 10 rings (SSSR count). The Kier molecular flexibility index (Phi) is 8.37. The molecule has 6 aromatic carbocycles. The van der Waals surface area contributed by atoms with Crippen LogP contribution in [0.4, 0.5) is 34.1 Å². The first-order chi connectivity index (χ1) is 28.2. The van der Waals surface area contributed by atoms with Crippen LogP contribution in [0.2, 0.25) is 0 Å². The Hall–Kier alpha value is -5.22. The fourth-order valence-corrected chi connectivity index (χ4v) is 10.8. The predicted octanol–water partition coefficient (Wildman–Crippen LogP) is 13.3. The van der Waals surface area contributed by atoms with E-state index in [1.807, 2.05) is 0 Å². The van der Waals surface area contributed by atoms with Gasteiger partial charge >= 0.3 is 0 Å². The molecule has 0 bridgehead atoms. The lowest BCUT2D eigenvalue weighted by Crippen LogP contribution is -2.61. The third kappa shape index (κ3) is 5.83. The van der Waals surface area contributed by atoms with Crippen molar-refractivity contribution in [1.82, 2.24) is 4.57 Å². The molecule has 0 unspecified atom stereocenters. The maximum absolute atomic E-state index is 2.69. The molecule has 0 spiro atoms. The molecular weight excluding hydrogens is 725 g/mol. The number of benzene rings is 6. The van der Waals surface area contributed by atoms with Gasteiger partial charge in [-0.2, -0.15) is 0 Å². The van der Waals surface area contributed by atoms with E-state index in [1.165, 1.54) is 113 Å². The van der Waals surface area contributed by atoms with E-state index in [-0.39, 0.29) is 28.5 Å². The summed E-state index contributed by atoms with van der Waals surface area (Å²) in [4.78, 5) is 5.22. The number of rotatable bonds is 2. The number of hydrogen-bond donors (Lipinski definition) is 0. The van der Waals surface area contributed by atoms with Crippen LogP contribution in [-0.4, -0.2) is 11.3 Å². The second-order valence-corrected chi connectivity index (χ2v) is 22.3. The van der Waals surface area contributed by atoms with Crippen LogP contribution in [0, 0.1) is 6.92 Å². The summed E-state index contributed by atoms with van der Waals surface area (Å²) in [6.45, 7) is 30.4. The Balaban J connectivity index is 1.35. The fraction of sp³-hybridized carbons (Fsp3) is 0.357. The second kappa shape index (κ2) is 12.9. The molecule has 2 aliphatic heterocycles. The second-order valence-electron chi connectivity index (χ2n) is 22.3. The highest BCUT2D eigenvalue weighted by Crippen LogP contribution is 2.50. The maximum atomic E-state index is 2.69. The normalized spacial score (nSPS) is 15.1. The van der Waals surface area contributed by atoms with Gasteiger partial charge in [0.2, 0.25) is 0 Å². The molecule has 4 heteroatoms. The monoisotopic (exact) mass is 788 g/mol. The molecule has 60 heavy (non-hydrogen) atoms. The molecule has 0 atom stereocenters. The molecule has 0 fully saturated rings. The van der Waals surface area contributed by atoms with Crippen molar-refractivity contribution in [3.8, 4) is 0 Å². The van der Waals surface area contributed by atoms with E-state index in [4.69, 9.17) is 0 Å². The number of anilines is 6. The van der Waals surface area contributed by atoms with Crippen LogP contribution in [0.25, 0.3) is 21.8 Å². The van der Waals surface area contributed by atoms with Crippen LogP contribution in [0.1, 0.15) is 123 Å². The zero-order valence-corrected chi connectivity index (χ0v) is 38.4. The van der Waals surface area contributed by atoms with Gasteiger partial charge in [-0.1, -0.05) is 117 Å². The minimum Gasteiger partial charge on any atom is -0.335 e. The van der Waals surface area contributed by atoms with Gasteiger partial charge in [0.05, 0.1) is 16.7 Å². The zero-order valence-electron chi connectivity index (χ0n) is 38.4. The smallest absolute Gasteiger partial charge is 0.252 e. The van der Waals surface area contributed by atoms with Gasteiger partial charge in [0, 0.05) is 44.7 Å². The van der Waals surface area contributed by atoms with Gasteiger partial charge < -0.3 is 14.4 Å². The molecule has 0 radical (unpaired) electrons. The van der Waals surface area contributed by atoms with E-state index in [9.17, 15) is 0 Å². The first kappa shape index (κ1) is 39.0. The highest BCUT2D eigenvalue weighted by Gasteiger charge is 2.45.